The van der Waals surface area contributed by atoms with Gasteiger partial charge in [-0.25, -0.2) is 4.79 Å². The van der Waals surface area contributed by atoms with Crippen LogP contribution >= 0.6 is 0 Å². The molecule has 0 saturated carbocycles. The number of aliphatic carboxylic acids is 1. The zero-order chi connectivity index (χ0) is 21.6. The van der Waals surface area contributed by atoms with Gasteiger partial charge in [0, 0.05) is 13.1 Å². The fraction of sp³-hybridized carbons (Fsp3) is 0.789. The average molecular weight is 412 g/mol. The van der Waals surface area contributed by atoms with Crippen LogP contribution in [0.3, 0.4) is 0 Å². The second kappa shape index (κ2) is 10.5. The number of hydrogen-bond donors (Lipinski definition) is 4. The molecule has 2 saturated heterocycles. The van der Waals surface area contributed by atoms with Gasteiger partial charge in [-0.15, -0.1) is 0 Å². The summed E-state index contributed by atoms with van der Waals surface area (Å²) in [5, 5.41) is 12.1. The molecule has 2 rings (SSSR count). The van der Waals surface area contributed by atoms with Crippen molar-refractivity contribution in [1.82, 2.24) is 15.1 Å². The summed E-state index contributed by atoms with van der Waals surface area (Å²) in [6.07, 6.45) is 3.99. The molecular weight excluding hydrogens is 378 g/mol. The number of carbonyl (C=O) groups is 4. The van der Waals surface area contributed by atoms with Crippen LogP contribution in [0.5, 0.6) is 0 Å². The van der Waals surface area contributed by atoms with Gasteiger partial charge in [0.25, 0.3) is 0 Å². The Morgan fingerprint density at radius 3 is 2.28 bits per heavy atom. The molecular formula is C19H33N5O5. The summed E-state index contributed by atoms with van der Waals surface area (Å²) < 4.78 is 0. The quantitative estimate of drug-likeness (QED) is 0.355. The van der Waals surface area contributed by atoms with E-state index in [2.05, 4.69) is 5.32 Å². The van der Waals surface area contributed by atoms with Crippen LogP contribution < -0.4 is 16.8 Å². The smallest absolute Gasteiger partial charge is 0.326 e. The first-order valence-electron chi connectivity index (χ1n) is 10.4. The highest BCUT2D eigenvalue weighted by Crippen LogP contribution is 2.26. The van der Waals surface area contributed by atoms with E-state index in [-0.39, 0.29) is 11.8 Å². The summed E-state index contributed by atoms with van der Waals surface area (Å²) in [6.45, 7) is 2.81. The highest BCUT2D eigenvalue weighted by molar-refractivity contribution is 5.94. The molecule has 0 aliphatic carbocycles. The van der Waals surface area contributed by atoms with Gasteiger partial charge in [0.2, 0.25) is 17.7 Å². The van der Waals surface area contributed by atoms with E-state index in [9.17, 15) is 24.3 Å². The van der Waals surface area contributed by atoms with E-state index < -0.39 is 36.0 Å². The molecule has 2 aliphatic heterocycles. The van der Waals surface area contributed by atoms with Crippen LogP contribution in [-0.2, 0) is 19.2 Å². The number of nitrogens with one attached hydrogen (secondary N) is 1. The van der Waals surface area contributed by atoms with E-state index in [4.69, 9.17) is 11.5 Å². The first kappa shape index (κ1) is 23.1. The van der Waals surface area contributed by atoms with E-state index in [0.29, 0.717) is 64.6 Å². The summed E-state index contributed by atoms with van der Waals surface area (Å²) in [5.74, 6) is -2.09. The Labute approximate surface area is 170 Å². The predicted octanol–water partition coefficient (Wildman–Crippen LogP) is -0.986. The lowest BCUT2D eigenvalue weighted by atomic mass is 10.1. The maximum atomic E-state index is 13.2. The summed E-state index contributed by atoms with van der Waals surface area (Å²) in [5.41, 5.74) is 11.2. The molecule has 10 heteroatoms. The highest BCUT2D eigenvalue weighted by Gasteiger charge is 2.43. The number of unbranched alkanes of at least 4 members (excludes halogenated alkanes) is 1. The molecule has 10 nitrogen and oxygen atoms in total. The van der Waals surface area contributed by atoms with Crippen LogP contribution in [0.25, 0.3) is 0 Å². The molecule has 29 heavy (non-hydrogen) atoms. The van der Waals surface area contributed by atoms with E-state index in [1.54, 1.807) is 6.92 Å². The zero-order valence-corrected chi connectivity index (χ0v) is 17.0. The van der Waals surface area contributed by atoms with Crippen molar-refractivity contribution in [3.05, 3.63) is 0 Å². The second-order valence-electron chi connectivity index (χ2n) is 7.85. The number of nitrogens with zero attached hydrogens (tertiary/aromatic N) is 2. The molecule has 0 aromatic rings. The maximum Gasteiger partial charge on any atom is 0.326 e. The third-order valence-corrected chi connectivity index (χ3v) is 5.62. The molecule has 0 spiro atoms. The average Bonchev–Trinajstić information content (AvgIpc) is 3.35. The minimum atomic E-state index is -1.02. The van der Waals surface area contributed by atoms with Gasteiger partial charge >= 0.3 is 5.97 Å². The second-order valence-corrected chi connectivity index (χ2v) is 7.85. The number of carboxylic acid groups (broad SMARTS) is 1. The Kier molecular flexibility index (Phi) is 8.39. The Morgan fingerprint density at radius 1 is 1.07 bits per heavy atom. The number of carboxylic acids is 1. The number of rotatable bonds is 9. The van der Waals surface area contributed by atoms with E-state index in [1.807, 2.05) is 0 Å². The van der Waals surface area contributed by atoms with Crippen LogP contribution in [0, 0.1) is 0 Å². The van der Waals surface area contributed by atoms with Gasteiger partial charge in [-0.05, 0) is 58.4 Å². The summed E-state index contributed by atoms with van der Waals surface area (Å²) >= 11 is 0. The number of nitrogens with two attached hydrogens (primary N) is 2. The van der Waals surface area contributed by atoms with Crippen LogP contribution in [0.4, 0.5) is 0 Å². The van der Waals surface area contributed by atoms with E-state index in [1.165, 1.54) is 9.80 Å². The molecule has 6 N–H and O–H groups in total. The van der Waals surface area contributed by atoms with Crippen molar-refractivity contribution < 1.29 is 24.3 Å². The molecule has 0 unspecified atom stereocenters. The van der Waals surface area contributed by atoms with Gasteiger partial charge in [0.05, 0.1) is 6.04 Å². The van der Waals surface area contributed by atoms with Gasteiger partial charge < -0.3 is 31.7 Å². The molecule has 0 aromatic heterocycles. The van der Waals surface area contributed by atoms with Gasteiger partial charge in [-0.2, -0.15) is 0 Å². The maximum absolute atomic E-state index is 13.2. The van der Waals surface area contributed by atoms with Gasteiger partial charge in [0.1, 0.15) is 18.1 Å². The largest absolute Gasteiger partial charge is 0.480 e. The van der Waals surface area contributed by atoms with Crippen molar-refractivity contribution in [3.8, 4) is 0 Å². The number of carbonyl (C=O) groups excluding carboxylic acids is 3. The lowest BCUT2D eigenvalue weighted by Gasteiger charge is -2.32. The fourth-order valence-electron chi connectivity index (χ4n) is 4.02. The third kappa shape index (κ3) is 5.66. The van der Waals surface area contributed by atoms with Crippen molar-refractivity contribution in [1.29, 1.82) is 0 Å². The molecule has 2 heterocycles. The lowest BCUT2D eigenvalue weighted by molar-refractivity contribution is -0.152. The molecule has 2 aliphatic rings. The lowest BCUT2D eigenvalue weighted by Crippen LogP contribution is -2.56. The minimum absolute atomic E-state index is 0.319. The minimum Gasteiger partial charge on any atom is -0.480 e. The fourth-order valence-corrected chi connectivity index (χ4v) is 4.02. The Bertz CT molecular complexity index is 626. The molecule has 3 amide bonds. The molecule has 4 atom stereocenters. The summed E-state index contributed by atoms with van der Waals surface area (Å²) in [6, 6.07) is -3.05. The van der Waals surface area contributed by atoms with Crippen molar-refractivity contribution in [3.63, 3.8) is 0 Å². The molecule has 0 bridgehead atoms. The zero-order valence-electron chi connectivity index (χ0n) is 17.0. The Balaban J connectivity index is 2.12. The highest BCUT2D eigenvalue weighted by atomic mass is 16.4. The number of likely N-dealkylation sites (tertiary alicyclic amines) is 2. The van der Waals surface area contributed by atoms with Crippen LogP contribution in [0.2, 0.25) is 0 Å². The third-order valence-electron chi connectivity index (χ3n) is 5.62. The monoisotopic (exact) mass is 411 g/mol. The molecule has 0 radical (unpaired) electrons. The van der Waals surface area contributed by atoms with Gasteiger partial charge in [0.15, 0.2) is 0 Å². The number of amides is 3. The van der Waals surface area contributed by atoms with Gasteiger partial charge in [-0.3, -0.25) is 14.4 Å². The predicted molar refractivity (Wildman–Crippen MR) is 106 cm³/mol. The van der Waals surface area contributed by atoms with E-state index >= 15 is 0 Å². The van der Waals surface area contributed by atoms with Crippen LogP contribution in [-0.4, -0.2) is 82.4 Å². The molecule has 2 fully saturated rings. The van der Waals surface area contributed by atoms with E-state index in [0.717, 1.165) is 0 Å². The molecule has 0 aromatic carbocycles. The SMILES string of the molecule is C[C@H](N)C(=O)N[C@@H](CCCCN)C(=O)N1CCC[C@H]1C(=O)N1CCC[C@H]1C(=O)O. The summed E-state index contributed by atoms with van der Waals surface area (Å²) in [4.78, 5) is 52.6. The first-order chi connectivity index (χ1) is 13.8. The van der Waals surface area contributed by atoms with Crippen molar-refractivity contribution in [2.75, 3.05) is 19.6 Å². The Hall–Kier alpha value is -2.20. The van der Waals surface area contributed by atoms with Crippen LogP contribution in [0.1, 0.15) is 51.9 Å². The summed E-state index contributed by atoms with van der Waals surface area (Å²) in [7, 11) is 0. The first-order valence-corrected chi connectivity index (χ1v) is 10.4. The normalized spacial score (nSPS) is 23.7. The van der Waals surface area contributed by atoms with Crippen molar-refractivity contribution in [2.24, 2.45) is 11.5 Å². The standard InChI is InChI=1S/C19H33N5O5/c1-12(21)16(25)22-13(6-2-3-9-20)17(26)23-10-4-7-14(23)18(27)24-11-5-8-15(24)19(28)29/h12-15H,2-11,20-21H2,1H3,(H,22,25)(H,28,29)/t12-,13-,14-,15-/m0/s1. The number of hydrogen-bond acceptors (Lipinski definition) is 6. The Morgan fingerprint density at radius 2 is 1.69 bits per heavy atom. The van der Waals surface area contributed by atoms with Crippen molar-refractivity contribution >= 4 is 23.7 Å². The topological polar surface area (TPSA) is 159 Å². The van der Waals surface area contributed by atoms with Crippen molar-refractivity contribution in [2.45, 2.75) is 76.0 Å². The van der Waals surface area contributed by atoms with Gasteiger partial charge in [-0.1, -0.05) is 0 Å². The van der Waals surface area contributed by atoms with Crippen LogP contribution in [0.15, 0.2) is 0 Å². The molecule has 164 valence electrons.